The van der Waals surface area contributed by atoms with Crippen LogP contribution in [-0.4, -0.2) is 44.9 Å². The Morgan fingerprint density at radius 1 is 1.07 bits per heavy atom. The van der Waals surface area contributed by atoms with Gasteiger partial charge in [0.1, 0.15) is 0 Å². The van der Waals surface area contributed by atoms with Crippen LogP contribution in [-0.2, 0) is 4.79 Å². The number of benzene rings is 2. The molecule has 1 N–H and O–H groups in total. The second-order valence-corrected chi connectivity index (χ2v) is 9.23. The fourth-order valence-corrected chi connectivity index (χ4v) is 3.90. The molecule has 0 unspecified atom stereocenters. The summed E-state index contributed by atoms with van der Waals surface area (Å²) in [5.41, 5.74) is 1.54. The minimum Gasteiger partial charge on any atom is -0.325 e. The summed E-state index contributed by atoms with van der Waals surface area (Å²) >= 11 is 13.4. The van der Waals surface area contributed by atoms with Crippen LogP contribution in [0.3, 0.4) is 0 Å². The Balaban J connectivity index is 1.87. The summed E-state index contributed by atoms with van der Waals surface area (Å²) in [7, 11) is 3.97. The predicted molar refractivity (Wildman–Crippen MR) is 124 cm³/mol. The third kappa shape index (κ3) is 5.35. The summed E-state index contributed by atoms with van der Waals surface area (Å²) in [4.78, 5) is 14.8. The smallest absolute Gasteiger partial charge is 0.237 e. The van der Waals surface area contributed by atoms with E-state index in [9.17, 15) is 4.79 Å². The van der Waals surface area contributed by atoms with E-state index in [0.29, 0.717) is 20.9 Å². The van der Waals surface area contributed by atoms with Crippen molar-refractivity contribution in [3.63, 3.8) is 0 Å². The molecule has 1 aromatic heterocycles. The van der Waals surface area contributed by atoms with Gasteiger partial charge in [0.05, 0.1) is 11.3 Å². The number of anilines is 1. The Hall–Kier alpha value is -2.06. The predicted octanol–water partition coefficient (Wildman–Crippen LogP) is 5.32. The van der Waals surface area contributed by atoms with Crippen LogP contribution in [0.15, 0.2) is 53.7 Å². The van der Waals surface area contributed by atoms with Gasteiger partial charge in [0.2, 0.25) is 5.91 Å². The molecule has 0 aliphatic rings. The Bertz CT molecular complexity index is 1020. The van der Waals surface area contributed by atoms with Crippen LogP contribution >= 0.6 is 35.0 Å². The van der Waals surface area contributed by atoms with Crippen molar-refractivity contribution in [3.8, 4) is 5.69 Å². The maximum Gasteiger partial charge on any atom is 0.237 e. The largest absolute Gasteiger partial charge is 0.325 e. The standard InChI is InChI=1S/C21H23Cl2N5OS/c1-13(27(3)4)19-25-26-21(28(19)18-10-8-15(22)9-11-18)30-14(2)20(29)24-17-7-5-6-16(23)12-17/h5-14H,1-4H3,(H,24,29)/t13-,14-/m1/s1. The number of nitrogens with one attached hydrogen (secondary N) is 1. The van der Waals surface area contributed by atoms with Crippen LogP contribution in [0.4, 0.5) is 5.69 Å². The van der Waals surface area contributed by atoms with E-state index >= 15 is 0 Å². The number of halogens is 2. The highest BCUT2D eigenvalue weighted by atomic mass is 35.5. The van der Waals surface area contributed by atoms with E-state index in [0.717, 1.165) is 11.5 Å². The summed E-state index contributed by atoms with van der Waals surface area (Å²) in [6.07, 6.45) is 0. The second-order valence-electron chi connectivity index (χ2n) is 7.05. The molecule has 0 radical (unpaired) electrons. The Morgan fingerprint density at radius 2 is 1.77 bits per heavy atom. The van der Waals surface area contributed by atoms with Crippen molar-refractivity contribution in [2.75, 3.05) is 19.4 Å². The molecule has 1 heterocycles. The first kappa shape index (κ1) is 22.6. The first-order valence-electron chi connectivity index (χ1n) is 9.37. The molecule has 0 spiro atoms. The van der Waals surface area contributed by atoms with Gasteiger partial charge in [-0.25, -0.2) is 0 Å². The third-order valence-corrected chi connectivity index (χ3v) is 6.16. The SMILES string of the molecule is C[C@H](c1nnc(S[C@H](C)C(=O)Nc2cccc(Cl)c2)n1-c1ccc(Cl)cc1)N(C)C. The summed E-state index contributed by atoms with van der Waals surface area (Å²) in [6, 6.07) is 14.6. The van der Waals surface area contributed by atoms with Gasteiger partial charge in [-0.15, -0.1) is 10.2 Å². The maximum atomic E-state index is 12.7. The normalized spacial score (nSPS) is 13.3. The van der Waals surface area contributed by atoms with Gasteiger partial charge in [-0.2, -0.15) is 0 Å². The fraction of sp³-hybridized carbons (Fsp3) is 0.286. The molecule has 0 aliphatic heterocycles. The number of thioether (sulfide) groups is 1. The topological polar surface area (TPSA) is 63.1 Å². The second kappa shape index (κ2) is 9.83. The minimum atomic E-state index is -0.401. The van der Waals surface area contributed by atoms with Crippen molar-refractivity contribution in [2.24, 2.45) is 0 Å². The zero-order valence-corrected chi connectivity index (χ0v) is 19.5. The lowest BCUT2D eigenvalue weighted by Crippen LogP contribution is -2.23. The fourth-order valence-electron chi connectivity index (χ4n) is 2.71. The van der Waals surface area contributed by atoms with E-state index in [-0.39, 0.29) is 11.9 Å². The van der Waals surface area contributed by atoms with Crippen molar-refractivity contribution in [1.82, 2.24) is 19.7 Å². The summed E-state index contributed by atoms with van der Waals surface area (Å²) in [5.74, 6) is 0.641. The van der Waals surface area contributed by atoms with Crippen LogP contribution in [0, 0.1) is 0 Å². The van der Waals surface area contributed by atoms with Crippen LogP contribution in [0.2, 0.25) is 10.0 Å². The van der Waals surface area contributed by atoms with Crippen molar-refractivity contribution in [3.05, 3.63) is 64.4 Å². The molecule has 2 aromatic carbocycles. The van der Waals surface area contributed by atoms with E-state index in [1.165, 1.54) is 11.8 Å². The highest BCUT2D eigenvalue weighted by molar-refractivity contribution is 8.00. The lowest BCUT2D eigenvalue weighted by atomic mass is 10.2. The number of aromatic nitrogens is 3. The van der Waals surface area contributed by atoms with E-state index < -0.39 is 5.25 Å². The zero-order valence-electron chi connectivity index (χ0n) is 17.1. The van der Waals surface area contributed by atoms with Gasteiger partial charge in [-0.05, 0) is 70.4 Å². The Morgan fingerprint density at radius 3 is 2.40 bits per heavy atom. The molecule has 0 saturated carbocycles. The minimum absolute atomic E-state index is 0.0260. The quantitative estimate of drug-likeness (QED) is 0.480. The highest BCUT2D eigenvalue weighted by Crippen LogP contribution is 2.30. The van der Waals surface area contributed by atoms with Gasteiger partial charge < -0.3 is 5.32 Å². The number of hydrogen-bond donors (Lipinski definition) is 1. The molecule has 1 amide bonds. The lowest BCUT2D eigenvalue weighted by molar-refractivity contribution is -0.115. The van der Waals surface area contributed by atoms with Gasteiger partial charge in [0, 0.05) is 21.4 Å². The summed E-state index contributed by atoms with van der Waals surface area (Å²) < 4.78 is 1.97. The number of carbonyl (C=O) groups excluding carboxylic acids is 1. The average Bonchev–Trinajstić information content (AvgIpc) is 3.11. The molecule has 158 valence electrons. The monoisotopic (exact) mass is 463 g/mol. The first-order valence-corrected chi connectivity index (χ1v) is 11.0. The molecule has 0 saturated heterocycles. The third-order valence-electron chi connectivity index (χ3n) is 4.64. The first-order chi connectivity index (χ1) is 14.3. The molecule has 3 aromatic rings. The van der Waals surface area contributed by atoms with Crippen LogP contribution in [0.25, 0.3) is 5.69 Å². The Kier molecular flexibility index (Phi) is 7.41. The van der Waals surface area contributed by atoms with Crippen molar-refractivity contribution >= 4 is 46.6 Å². The molecule has 6 nitrogen and oxygen atoms in total. The highest BCUT2D eigenvalue weighted by Gasteiger charge is 2.24. The molecule has 0 bridgehead atoms. The van der Waals surface area contributed by atoms with E-state index in [1.54, 1.807) is 24.3 Å². The molecule has 9 heteroatoms. The van der Waals surface area contributed by atoms with Crippen molar-refractivity contribution in [1.29, 1.82) is 0 Å². The van der Waals surface area contributed by atoms with Gasteiger partial charge >= 0.3 is 0 Å². The summed E-state index contributed by atoms with van der Waals surface area (Å²) in [6.45, 7) is 3.89. The van der Waals surface area contributed by atoms with Crippen molar-refractivity contribution < 1.29 is 4.79 Å². The van der Waals surface area contributed by atoms with Gasteiger partial charge in [-0.3, -0.25) is 14.3 Å². The zero-order chi connectivity index (χ0) is 21.8. The Labute approximate surface area is 190 Å². The van der Waals surface area contributed by atoms with Gasteiger partial charge in [-0.1, -0.05) is 41.0 Å². The summed E-state index contributed by atoms with van der Waals surface area (Å²) in [5, 5.41) is 13.1. The van der Waals surface area contributed by atoms with E-state index in [1.807, 2.05) is 49.9 Å². The molecule has 0 aliphatic carbocycles. The molecule has 3 rings (SSSR count). The van der Waals surface area contributed by atoms with Crippen LogP contribution < -0.4 is 5.32 Å². The number of amides is 1. The maximum absolute atomic E-state index is 12.7. The average molecular weight is 464 g/mol. The molecular formula is C21H23Cl2N5OS. The van der Waals surface area contributed by atoms with Gasteiger partial charge in [0.15, 0.2) is 11.0 Å². The number of nitrogens with zero attached hydrogens (tertiary/aromatic N) is 4. The lowest BCUT2D eigenvalue weighted by Gasteiger charge is -2.21. The number of carbonyl (C=O) groups is 1. The van der Waals surface area contributed by atoms with Crippen molar-refractivity contribution in [2.45, 2.75) is 30.3 Å². The van der Waals surface area contributed by atoms with Crippen LogP contribution in [0.1, 0.15) is 25.7 Å². The van der Waals surface area contributed by atoms with E-state index in [2.05, 4.69) is 27.3 Å². The molecule has 2 atom stereocenters. The molecule has 0 fully saturated rings. The molecule has 30 heavy (non-hydrogen) atoms. The number of hydrogen-bond acceptors (Lipinski definition) is 5. The molecular weight excluding hydrogens is 441 g/mol. The number of rotatable bonds is 7. The van der Waals surface area contributed by atoms with Gasteiger partial charge in [0.25, 0.3) is 0 Å². The van der Waals surface area contributed by atoms with Crippen LogP contribution in [0.5, 0.6) is 0 Å². The van der Waals surface area contributed by atoms with E-state index in [4.69, 9.17) is 23.2 Å².